The minimum Gasteiger partial charge on any atom is -0.369 e. The van der Waals surface area contributed by atoms with Gasteiger partial charge in [-0.05, 0) is 0 Å². The summed E-state index contributed by atoms with van der Waals surface area (Å²) < 4.78 is 0. The second-order valence-electron chi connectivity index (χ2n) is 1.73. The Bertz CT molecular complexity index is 164. The second kappa shape index (κ2) is 1.93. The molecule has 0 aromatic carbocycles. The Labute approximate surface area is 52.3 Å². The lowest BCUT2D eigenvalue weighted by atomic mass is 10.6. The van der Waals surface area contributed by atoms with E-state index in [2.05, 4.69) is 4.99 Å². The molecule has 0 saturated heterocycles. The lowest BCUT2D eigenvalue weighted by Crippen LogP contribution is -2.42. The lowest BCUT2D eigenvalue weighted by Gasteiger charge is -2.09. The molecular formula is C4H8N4O. The first-order valence-corrected chi connectivity index (χ1v) is 2.58. The molecule has 4 N–H and O–H groups in total. The predicted octanol–water partition coefficient (Wildman–Crippen LogP) is -1.30. The summed E-state index contributed by atoms with van der Waals surface area (Å²) in [6, 6.07) is -0.534. The highest BCUT2D eigenvalue weighted by molar-refractivity contribution is 5.95. The second-order valence-corrected chi connectivity index (χ2v) is 1.73. The van der Waals surface area contributed by atoms with Crippen LogP contribution in [0.15, 0.2) is 4.99 Å². The smallest absolute Gasteiger partial charge is 0.321 e. The van der Waals surface area contributed by atoms with Crippen LogP contribution in [0.5, 0.6) is 0 Å². The molecule has 0 bridgehead atoms. The molecule has 0 aromatic heterocycles. The van der Waals surface area contributed by atoms with Gasteiger partial charge in [0, 0.05) is 0 Å². The Morgan fingerprint density at radius 2 is 2.44 bits per heavy atom. The van der Waals surface area contributed by atoms with E-state index in [9.17, 15) is 4.79 Å². The average Bonchev–Trinajstić information content (AvgIpc) is 2.13. The normalized spacial score (nSPS) is 17.8. The van der Waals surface area contributed by atoms with Gasteiger partial charge in [-0.1, -0.05) is 0 Å². The summed E-state index contributed by atoms with van der Waals surface area (Å²) in [5.74, 6) is 0.225. The fourth-order valence-corrected chi connectivity index (χ4v) is 0.688. The number of amides is 2. The Morgan fingerprint density at radius 3 is 2.67 bits per heavy atom. The maximum atomic E-state index is 10.4. The third-order valence-electron chi connectivity index (χ3n) is 1.14. The van der Waals surface area contributed by atoms with Crippen molar-refractivity contribution in [3.05, 3.63) is 0 Å². The van der Waals surface area contributed by atoms with Crippen LogP contribution in [0.4, 0.5) is 4.79 Å². The summed E-state index contributed by atoms with van der Waals surface area (Å²) in [5.41, 5.74) is 10.2. The monoisotopic (exact) mass is 128 g/mol. The number of urea groups is 1. The molecule has 0 spiro atoms. The van der Waals surface area contributed by atoms with E-state index in [1.807, 2.05) is 0 Å². The van der Waals surface area contributed by atoms with E-state index < -0.39 is 6.03 Å². The molecule has 0 aromatic rings. The number of carbonyl (C=O) groups is 1. The van der Waals surface area contributed by atoms with Gasteiger partial charge in [0.15, 0.2) is 5.96 Å². The van der Waals surface area contributed by atoms with Crippen molar-refractivity contribution >= 4 is 12.0 Å². The molecule has 50 valence electrons. The quantitative estimate of drug-likeness (QED) is 0.424. The van der Waals surface area contributed by atoms with Gasteiger partial charge in [0.1, 0.15) is 0 Å². The number of hydrogen-bond acceptors (Lipinski definition) is 3. The SMILES string of the molecule is NC(=O)N1CCN=C1N. The zero-order chi connectivity index (χ0) is 6.85. The Morgan fingerprint density at radius 1 is 1.78 bits per heavy atom. The molecule has 0 aliphatic carbocycles. The van der Waals surface area contributed by atoms with Gasteiger partial charge >= 0.3 is 6.03 Å². The van der Waals surface area contributed by atoms with Crippen molar-refractivity contribution < 1.29 is 4.79 Å². The molecule has 1 rings (SSSR count). The fraction of sp³-hybridized carbons (Fsp3) is 0.500. The molecule has 1 aliphatic heterocycles. The van der Waals surface area contributed by atoms with Crippen LogP contribution >= 0.6 is 0 Å². The van der Waals surface area contributed by atoms with Crippen molar-refractivity contribution in [2.75, 3.05) is 13.1 Å². The van der Waals surface area contributed by atoms with Gasteiger partial charge in [-0.3, -0.25) is 9.89 Å². The van der Waals surface area contributed by atoms with E-state index in [0.29, 0.717) is 13.1 Å². The summed E-state index contributed by atoms with van der Waals surface area (Å²) >= 11 is 0. The molecule has 1 aliphatic rings. The van der Waals surface area contributed by atoms with Gasteiger partial charge in [-0.15, -0.1) is 0 Å². The topological polar surface area (TPSA) is 84.7 Å². The van der Waals surface area contributed by atoms with E-state index in [4.69, 9.17) is 11.5 Å². The number of nitrogens with two attached hydrogens (primary N) is 2. The van der Waals surface area contributed by atoms with Gasteiger partial charge in [0.2, 0.25) is 0 Å². The highest BCUT2D eigenvalue weighted by Crippen LogP contribution is 1.94. The predicted molar refractivity (Wildman–Crippen MR) is 32.8 cm³/mol. The van der Waals surface area contributed by atoms with Crippen LogP contribution < -0.4 is 11.5 Å². The molecule has 1 heterocycles. The molecule has 2 amide bonds. The highest BCUT2D eigenvalue weighted by Gasteiger charge is 2.17. The van der Waals surface area contributed by atoms with E-state index in [-0.39, 0.29) is 5.96 Å². The van der Waals surface area contributed by atoms with Crippen LogP contribution in [-0.4, -0.2) is 30.0 Å². The molecule has 0 radical (unpaired) electrons. The largest absolute Gasteiger partial charge is 0.369 e. The minimum absolute atomic E-state index is 0.225. The Balaban J connectivity index is 2.63. The first-order chi connectivity index (χ1) is 4.22. The third-order valence-corrected chi connectivity index (χ3v) is 1.14. The number of rotatable bonds is 0. The van der Waals surface area contributed by atoms with Crippen molar-refractivity contribution in [3.63, 3.8) is 0 Å². The van der Waals surface area contributed by atoms with Crippen molar-refractivity contribution in [2.24, 2.45) is 16.5 Å². The van der Waals surface area contributed by atoms with Crippen LogP contribution in [0.25, 0.3) is 0 Å². The molecule has 5 nitrogen and oxygen atoms in total. The molecule has 0 unspecified atom stereocenters. The maximum absolute atomic E-state index is 10.4. The van der Waals surface area contributed by atoms with Crippen LogP contribution in [0.1, 0.15) is 0 Å². The summed E-state index contributed by atoms with van der Waals surface area (Å²) in [6.07, 6.45) is 0. The van der Waals surface area contributed by atoms with Crippen LogP contribution in [0.2, 0.25) is 0 Å². The zero-order valence-electron chi connectivity index (χ0n) is 4.87. The number of guanidine groups is 1. The van der Waals surface area contributed by atoms with Crippen LogP contribution in [-0.2, 0) is 0 Å². The number of aliphatic imine (C=N–C) groups is 1. The van der Waals surface area contributed by atoms with Crippen molar-refractivity contribution in [2.45, 2.75) is 0 Å². The summed E-state index contributed by atoms with van der Waals surface area (Å²) in [5, 5.41) is 0. The molecule has 0 atom stereocenters. The van der Waals surface area contributed by atoms with Crippen LogP contribution in [0, 0.1) is 0 Å². The number of nitrogens with zero attached hydrogens (tertiary/aromatic N) is 2. The number of carbonyl (C=O) groups excluding carboxylic acids is 1. The maximum Gasteiger partial charge on any atom is 0.321 e. The Kier molecular flexibility index (Phi) is 1.26. The number of primary amides is 1. The first-order valence-electron chi connectivity index (χ1n) is 2.58. The van der Waals surface area contributed by atoms with E-state index >= 15 is 0 Å². The summed E-state index contributed by atoms with van der Waals surface area (Å²) in [7, 11) is 0. The van der Waals surface area contributed by atoms with E-state index in [1.165, 1.54) is 4.90 Å². The standard InChI is InChI=1S/C4H8N4O/c5-3-7-1-2-8(3)4(6)9/h1-2H2,(H2,5,7)(H2,6,9). The minimum atomic E-state index is -0.534. The van der Waals surface area contributed by atoms with Gasteiger partial charge < -0.3 is 11.5 Å². The van der Waals surface area contributed by atoms with Gasteiger partial charge in [-0.25, -0.2) is 4.79 Å². The summed E-state index contributed by atoms with van der Waals surface area (Å²) in [4.78, 5) is 15.4. The molecule has 0 fully saturated rings. The van der Waals surface area contributed by atoms with Gasteiger partial charge in [-0.2, -0.15) is 0 Å². The average molecular weight is 128 g/mol. The van der Waals surface area contributed by atoms with Crippen molar-refractivity contribution in [3.8, 4) is 0 Å². The molecule has 0 saturated carbocycles. The molecule has 5 heteroatoms. The molecular weight excluding hydrogens is 120 g/mol. The zero-order valence-corrected chi connectivity index (χ0v) is 4.87. The van der Waals surface area contributed by atoms with Crippen LogP contribution in [0.3, 0.4) is 0 Å². The number of hydrogen-bond donors (Lipinski definition) is 2. The highest BCUT2D eigenvalue weighted by atomic mass is 16.2. The first kappa shape index (κ1) is 5.87. The lowest BCUT2D eigenvalue weighted by molar-refractivity contribution is 0.232. The van der Waals surface area contributed by atoms with Gasteiger partial charge in [0.25, 0.3) is 0 Å². The van der Waals surface area contributed by atoms with Crippen molar-refractivity contribution in [1.82, 2.24) is 4.90 Å². The van der Waals surface area contributed by atoms with Gasteiger partial charge in [0.05, 0.1) is 13.1 Å². The Hall–Kier alpha value is -1.26. The van der Waals surface area contributed by atoms with E-state index in [0.717, 1.165) is 0 Å². The fourth-order valence-electron chi connectivity index (χ4n) is 0.688. The van der Waals surface area contributed by atoms with E-state index in [1.54, 1.807) is 0 Å². The third kappa shape index (κ3) is 0.933. The summed E-state index contributed by atoms with van der Waals surface area (Å²) in [6.45, 7) is 1.08. The van der Waals surface area contributed by atoms with Crippen molar-refractivity contribution in [1.29, 1.82) is 0 Å². The molecule has 9 heavy (non-hydrogen) atoms.